The van der Waals surface area contributed by atoms with Gasteiger partial charge in [-0.05, 0) is 56.6 Å². The van der Waals surface area contributed by atoms with E-state index in [1.165, 1.54) is 28.6 Å². The molecule has 5 nitrogen and oxygen atoms in total. The molecular weight excluding hydrogens is 281 g/mol. The minimum absolute atomic E-state index is 0.332. The molecular formula is C13H20FN3O2S. The predicted molar refractivity (Wildman–Crippen MR) is 77.2 cm³/mol. The number of hydrogen-bond acceptors (Lipinski definition) is 3. The molecule has 2 N–H and O–H groups in total. The van der Waals surface area contributed by atoms with Gasteiger partial charge in [0.2, 0.25) is 0 Å². The van der Waals surface area contributed by atoms with Crippen LogP contribution in [0.25, 0.3) is 0 Å². The standard InChI is InChI=1S/C13H20FN3O2S/c1-15-9-11-3-2-8-17(10-11)20(18,19)16-13-6-4-12(14)5-7-13/h4-7,11,15-16H,2-3,8-10H2,1H3. The zero-order valence-corrected chi connectivity index (χ0v) is 12.3. The van der Waals surface area contributed by atoms with E-state index in [0.29, 0.717) is 24.7 Å². The SMILES string of the molecule is CNCC1CCCN(S(=O)(=O)Nc2ccc(F)cc2)C1. The summed E-state index contributed by atoms with van der Waals surface area (Å²) in [5, 5.41) is 3.08. The Labute approximate surface area is 119 Å². The Morgan fingerprint density at radius 2 is 2.05 bits per heavy atom. The summed E-state index contributed by atoms with van der Waals surface area (Å²) in [6.45, 7) is 1.84. The fraction of sp³-hybridized carbons (Fsp3) is 0.538. The molecule has 1 heterocycles. The second-order valence-corrected chi connectivity index (χ2v) is 6.71. The van der Waals surface area contributed by atoms with Gasteiger partial charge in [-0.15, -0.1) is 0 Å². The van der Waals surface area contributed by atoms with Crippen molar-refractivity contribution in [2.75, 3.05) is 31.4 Å². The van der Waals surface area contributed by atoms with E-state index in [2.05, 4.69) is 10.0 Å². The van der Waals surface area contributed by atoms with E-state index in [1.54, 1.807) is 0 Å². The Hall–Kier alpha value is -1.18. The van der Waals surface area contributed by atoms with Crippen LogP contribution in [0.4, 0.5) is 10.1 Å². The molecule has 1 aromatic carbocycles. The van der Waals surface area contributed by atoms with Gasteiger partial charge in [0.25, 0.3) is 0 Å². The normalized spacial score (nSPS) is 20.8. The summed E-state index contributed by atoms with van der Waals surface area (Å²) in [6, 6.07) is 5.31. The van der Waals surface area contributed by atoms with Gasteiger partial charge in [0.05, 0.1) is 0 Å². The van der Waals surface area contributed by atoms with Gasteiger partial charge >= 0.3 is 10.2 Å². The van der Waals surface area contributed by atoms with Crippen LogP contribution in [0.15, 0.2) is 24.3 Å². The summed E-state index contributed by atoms with van der Waals surface area (Å²) < 4.78 is 41.3. The van der Waals surface area contributed by atoms with E-state index in [0.717, 1.165) is 19.4 Å². The molecule has 1 saturated heterocycles. The maximum atomic E-state index is 12.8. The first-order valence-corrected chi connectivity index (χ1v) is 8.13. The van der Waals surface area contributed by atoms with Crippen LogP contribution in [0.5, 0.6) is 0 Å². The Balaban J connectivity index is 2.04. The topological polar surface area (TPSA) is 61.4 Å². The smallest absolute Gasteiger partial charge is 0.301 e. The molecule has 1 aromatic rings. The van der Waals surface area contributed by atoms with Crippen LogP contribution in [-0.2, 0) is 10.2 Å². The molecule has 1 aliphatic rings. The molecule has 1 aliphatic heterocycles. The van der Waals surface area contributed by atoms with Crippen LogP contribution < -0.4 is 10.0 Å². The molecule has 1 unspecified atom stereocenters. The Kier molecular flexibility index (Phi) is 4.95. The summed E-state index contributed by atoms with van der Waals surface area (Å²) in [4.78, 5) is 0. The average Bonchev–Trinajstić information content (AvgIpc) is 2.42. The van der Waals surface area contributed by atoms with Gasteiger partial charge in [0.15, 0.2) is 0 Å². The number of hydrogen-bond donors (Lipinski definition) is 2. The molecule has 1 fully saturated rings. The van der Waals surface area contributed by atoms with Crippen molar-refractivity contribution in [2.45, 2.75) is 12.8 Å². The molecule has 0 bridgehead atoms. The minimum Gasteiger partial charge on any atom is -0.319 e. The molecule has 112 valence electrons. The largest absolute Gasteiger partial charge is 0.319 e. The van der Waals surface area contributed by atoms with E-state index in [1.807, 2.05) is 7.05 Å². The number of nitrogens with one attached hydrogen (secondary N) is 2. The highest BCUT2D eigenvalue weighted by atomic mass is 32.2. The van der Waals surface area contributed by atoms with Crippen molar-refractivity contribution in [1.29, 1.82) is 0 Å². The van der Waals surface area contributed by atoms with E-state index in [9.17, 15) is 12.8 Å². The first kappa shape index (κ1) is 15.2. The highest BCUT2D eigenvalue weighted by Gasteiger charge is 2.28. The highest BCUT2D eigenvalue weighted by Crippen LogP contribution is 2.20. The Bertz CT molecular complexity index is 531. The molecule has 0 aliphatic carbocycles. The number of rotatable bonds is 5. The number of nitrogens with zero attached hydrogens (tertiary/aromatic N) is 1. The summed E-state index contributed by atoms with van der Waals surface area (Å²) >= 11 is 0. The van der Waals surface area contributed by atoms with E-state index >= 15 is 0 Å². The molecule has 0 aromatic heterocycles. The van der Waals surface area contributed by atoms with E-state index < -0.39 is 10.2 Å². The maximum Gasteiger partial charge on any atom is 0.301 e. The number of anilines is 1. The molecule has 0 saturated carbocycles. The van der Waals surface area contributed by atoms with Crippen LogP contribution in [0, 0.1) is 11.7 Å². The third-order valence-corrected chi connectivity index (χ3v) is 4.91. The minimum atomic E-state index is -3.57. The van der Waals surface area contributed by atoms with Crippen molar-refractivity contribution in [2.24, 2.45) is 5.92 Å². The molecule has 0 amide bonds. The van der Waals surface area contributed by atoms with Crippen molar-refractivity contribution >= 4 is 15.9 Å². The van der Waals surface area contributed by atoms with Gasteiger partial charge in [0.1, 0.15) is 5.82 Å². The van der Waals surface area contributed by atoms with Crippen molar-refractivity contribution < 1.29 is 12.8 Å². The van der Waals surface area contributed by atoms with Crippen LogP contribution in [0.2, 0.25) is 0 Å². The Morgan fingerprint density at radius 3 is 2.70 bits per heavy atom. The summed E-state index contributed by atoms with van der Waals surface area (Å²) in [7, 11) is -1.70. The third kappa shape index (κ3) is 3.91. The van der Waals surface area contributed by atoms with Gasteiger partial charge in [-0.3, -0.25) is 4.72 Å². The number of halogens is 1. The second-order valence-electron chi connectivity index (χ2n) is 5.04. The fourth-order valence-electron chi connectivity index (χ4n) is 2.43. The summed E-state index contributed by atoms with van der Waals surface area (Å²) in [5.41, 5.74) is 0.377. The van der Waals surface area contributed by atoms with Crippen molar-refractivity contribution in [3.8, 4) is 0 Å². The number of benzene rings is 1. The zero-order chi connectivity index (χ0) is 14.6. The molecule has 1 atom stereocenters. The van der Waals surface area contributed by atoms with Crippen LogP contribution >= 0.6 is 0 Å². The van der Waals surface area contributed by atoms with Crippen LogP contribution in [0.3, 0.4) is 0 Å². The molecule has 7 heteroatoms. The van der Waals surface area contributed by atoms with Gasteiger partial charge in [-0.25, -0.2) is 4.39 Å². The van der Waals surface area contributed by atoms with Crippen molar-refractivity contribution in [3.05, 3.63) is 30.1 Å². The molecule has 20 heavy (non-hydrogen) atoms. The second kappa shape index (κ2) is 6.51. The lowest BCUT2D eigenvalue weighted by Crippen LogP contribution is -2.44. The first-order chi connectivity index (χ1) is 9.51. The first-order valence-electron chi connectivity index (χ1n) is 6.69. The van der Waals surface area contributed by atoms with Gasteiger partial charge in [0, 0.05) is 18.8 Å². The lowest BCUT2D eigenvalue weighted by Gasteiger charge is -2.31. The quantitative estimate of drug-likeness (QED) is 0.864. The number of piperidine rings is 1. The van der Waals surface area contributed by atoms with Gasteiger partial charge < -0.3 is 5.32 Å². The maximum absolute atomic E-state index is 12.8. The molecule has 0 spiro atoms. The van der Waals surface area contributed by atoms with E-state index in [-0.39, 0.29) is 5.82 Å². The van der Waals surface area contributed by atoms with Crippen molar-refractivity contribution in [1.82, 2.24) is 9.62 Å². The van der Waals surface area contributed by atoms with E-state index in [4.69, 9.17) is 0 Å². The Morgan fingerprint density at radius 1 is 1.35 bits per heavy atom. The summed E-state index contributed by atoms with van der Waals surface area (Å²) in [5.74, 6) is -0.0569. The zero-order valence-electron chi connectivity index (χ0n) is 11.5. The highest BCUT2D eigenvalue weighted by molar-refractivity contribution is 7.90. The lowest BCUT2D eigenvalue weighted by atomic mass is 10.00. The van der Waals surface area contributed by atoms with Gasteiger partial charge in [-0.2, -0.15) is 12.7 Å². The average molecular weight is 301 g/mol. The van der Waals surface area contributed by atoms with Crippen LogP contribution in [-0.4, -0.2) is 39.4 Å². The van der Waals surface area contributed by atoms with Crippen LogP contribution in [0.1, 0.15) is 12.8 Å². The fourth-order valence-corrected chi connectivity index (χ4v) is 3.77. The monoisotopic (exact) mass is 301 g/mol. The predicted octanol–water partition coefficient (Wildman–Crippen LogP) is 1.41. The summed E-state index contributed by atoms with van der Waals surface area (Å²) in [6.07, 6.45) is 1.89. The molecule has 0 radical (unpaired) electrons. The molecule has 2 rings (SSSR count). The lowest BCUT2D eigenvalue weighted by molar-refractivity contribution is 0.264. The van der Waals surface area contributed by atoms with Gasteiger partial charge in [-0.1, -0.05) is 0 Å². The van der Waals surface area contributed by atoms with Crippen molar-refractivity contribution in [3.63, 3.8) is 0 Å². The third-order valence-electron chi connectivity index (χ3n) is 3.41.